The summed E-state index contributed by atoms with van der Waals surface area (Å²) in [5.74, 6) is 0.948. The molecule has 0 saturated carbocycles. The molecular formula is C6H8N2S2. The third kappa shape index (κ3) is 2.60. The molecule has 0 spiro atoms. The maximum Gasteiger partial charge on any atom is 0.0302 e. The standard InChI is InChI=1S/C6H8N2S2/c7-10-9-5-6-1-3-8-4-2-6/h1-4H,5,7H2. The molecule has 0 aliphatic carbocycles. The number of nitrogens with two attached hydrogens (primary N) is 1. The quantitative estimate of drug-likeness (QED) is 0.557. The summed E-state index contributed by atoms with van der Waals surface area (Å²) >= 11 is 0. The van der Waals surface area contributed by atoms with Gasteiger partial charge in [0.2, 0.25) is 0 Å². The minimum Gasteiger partial charge on any atom is -0.268 e. The number of hydrogen-bond donors (Lipinski definition) is 1. The van der Waals surface area contributed by atoms with Gasteiger partial charge in [-0.2, -0.15) is 0 Å². The Morgan fingerprint density at radius 1 is 1.40 bits per heavy atom. The van der Waals surface area contributed by atoms with Crippen molar-refractivity contribution in [3.05, 3.63) is 30.1 Å². The first kappa shape index (κ1) is 7.91. The summed E-state index contributed by atoms with van der Waals surface area (Å²) in [6, 6.07) is 3.98. The largest absolute Gasteiger partial charge is 0.268 e. The predicted octanol–water partition coefficient (Wildman–Crippen LogP) is 1.84. The summed E-state index contributed by atoms with van der Waals surface area (Å²) in [5, 5.41) is 5.24. The molecule has 0 bridgehead atoms. The molecule has 0 atom stereocenters. The van der Waals surface area contributed by atoms with Gasteiger partial charge in [-0.15, -0.1) is 0 Å². The summed E-state index contributed by atoms with van der Waals surface area (Å²) in [6.07, 6.45) is 3.58. The molecule has 4 heteroatoms. The van der Waals surface area contributed by atoms with Gasteiger partial charge < -0.3 is 0 Å². The second kappa shape index (κ2) is 4.60. The lowest BCUT2D eigenvalue weighted by Gasteiger charge is -1.95. The highest BCUT2D eigenvalue weighted by Crippen LogP contribution is 2.19. The highest BCUT2D eigenvalue weighted by atomic mass is 33.1. The maximum atomic E-state index is 5.24. The third-order valence-electron chi connectivity index (χ3n) is 1.04. The second-order valence-electron chi connectivity index (χ2n) is 1.71. The molecule has 1 heterocycles. The molecule has 0 aromatic carbocycles. The number of pyridine rings is 1. The van der Waals surface area contributed by atoms with Crippen molar-refractivity contribution in [1.29, 1.82) is 0 Å². The Balaban J connectivity index is 2.43. The van der Waals surface area contributed by atoms with Gasteiger partial charge in [-0.25, -0.2) is 0 Å². The van der Waals surface area contributed by atoms with Gasteiger partial charge in [0.05, 0.1) is 0 Å². The Bertz CT molecular complexity index is 178. The van der Waals surface area contributed by atoms with Gasteiger partial charge >= 0.3 is 0 Å². The Labute approximate surface area is 68.1 Å². The number of nitrogens with zero attached hydrogens (tertiary/aromatic N) is 1. The highest BCUT2D eigenvalue weighted by molar-refractivity contribution is 8.75. The lowest BCUT2D eigenvalue weighted by Crippen LogP contribution is -1.79. The van der Waals surface area contributed by atoms with Crippen LogP contribution in [0.2, 0.25) is 0 Å². The lowest BCUT2D eigenvalue weighted by molar-refractivity contribution is 1.27. The molecule has 2 N–H and O–H groups in total. The lowest BCUT2D eigenvalue weighted by atomic mass is 10.3. The molecular weight excluding hydrogens is 164 g/mol. The fraction of sp³-hybridized carbons (Fsp3) is 0.167. The fourth-order valence-electron chi connectivity index (χ4n) is 0.581. The Morgan fingerprint density at radius 3 is 2.70 bits per heavy atom. The van der Waals surface area contributed by atoms with Crippen LogP contribution in [0.5, 0.6) is 0 Å². The first-order valence-electron chi connectivity index (χ1n) is 2.81. The van der Waals surface area contributed by atoms with E-state index in [0.717, 1.165) is 5.75 Å². The van der Waals surface area contributed by atoms with E-state index in [1.54, 1.807) is 23.2 Å². The highest BCUT2D eigenvalue weighted by Gasteiger charge is 1.89. The van der Waals surface area contributed by atoms with Gasteiger partial charge in [-0.3, -0.25) is 10.1 Å². The van der Waals surface area contributed by atoms with E-state index in [2.05, 4.69) is 4.98 Å². The van der Waals surface area contributed by atoms with Gasteiger partial charge in [0, 0.05) is 18.1 Å². The van der Waals surface area contributed by atoms with E-state index >= 15 is 0 Å². The van der Waals surface area contributed by atoms with Gasteiger partial charge in [0.1, 0.15) is 0 Å². The molecule has 0 aliphatic rings. The van der Waals surface area contributed by atoms with E-state index in [9.17, 15) is 0 Å². The molecule has 0 fully saturated rings. The van der Waals surface area contributed by atoms with E-state index in [-0.39, 0.29) is 0 Å². The summed E-state index contributed by atoms with van der Waals surface area (Å²) in [7, 11) is 2.92. The predicted molar refractivity (Wildman–Crippen MR) is 47.3 cm³/mol. The first-order chi connectivity index (χ1) is 4.93. The van der Waals surface area contributed by atoms with Crippen LogP contribution in [0, 0.1) is 0 Å². The van der Waals surface area contributed by atoms with Gasteiger partial charge in [0.15, 0.2) is 0 Å². The molecule has 10 heavy (non-hydrogen) atoms. The maximum absolute atomic E-state index is 5.24. The van der Waals surface area contributed by atoms with Crippen molar-refractivity contribution in [2.45, 2.75) is 5.75 Å². The minimum absolute atomic E-state index is 0.948. The van der Waals surface area contributed by atoms with Gasteiger partial charge in [0.25, 0.3) is 0 Å². The molecule has 0 radical (unpaired) electrons. The van der Waals surface area contributed by atoms with Crippen LogP contribution in [0.25, 0.3) is 0 Å². The minimum atomic E-state index is 0.948. The monoisotopic (exact) mass is 172 g/mol. The van der Waals surface area contributed by atoms with Gasteiger partial charge in [-0.1, -0.05) is 10.8 Å². The fourth-order valence-corrected chi connectivity index (χ4v) is 1.59. The second-order valence-corrected chi connectivity index (χ2v) is 3.72. The Morgan fingerprint density at radius 2 is 2.10 bits per heavy atom. The summed E-state index contributed by atoms with van der Waals surface area (Å²) < 4.78 is 0. The van der Waals surface area contributed by atoms with E-state index in [4.69, 9.17) is 5.14 Å². The smallest absolute Gasteiger partial charge is 0.0302 e. The van der Waals surface area contributed by atoms with E-state index in [0.29, 0.717) is 0 Å². The van der Waals surface area contributed by atoms with E-state index in [1.807, 2.05) is 12.1 Å². The number of rotatable bonds is 3. The normalized spacial score (nSPS) is 9.70. The SMILES string of the molecule is NSSCc1ccncc1. The third-order valence-corrected chi connectivity index (χ3v) is 2.39. The van der Waals surface area contributed by atoms with Crippen molar-refractivity contribution in [2.75, 3.05) is 0 Å². The topological polar surface area (TPSA) is 38.9 Å². The number of aromatic nitrogens is 1. The van der Waals surface area contributed by atoms with E-state index < -0.39 is 0 Å². The molecule has 0 amide bonds. The zero-order chi connectivity index (χ0) is 7.23. The summed E-state index contributed by atoms with van der Waals surface area (Å²) in [5.41, 5.74) is 1.26. The summed E-state index contributed by atoms with van der Waals surface area (Å²) in [4.78, 5) is 3.91. The van der Waals surface area contributed by atoms with Crippen LogP contribution in [0.4, 0.5) is 0 Å². The molecule has 1 aromatic rings. The van der Waals surface area contributed by atoms with E-state index in [1.165, 1.54) is 16.5 Å². The van der Waals surface area contributed by atoms with Crippen LogP contribution >= 0.6 is 21.8 Å². The average Bonchev–Trinajstić information content (AvgIpc) is 2.03. The molecule has 0 saturated heterocycles. The van der Waals surface area contributed by atoms with Crippen molar-refractivity contribution in [1.82, 2.24) is 4.98 Å². The van der Waals surface area contributed by atoms with Gasteiger partial charge in [-0.05, 0) is 28.7 Å². The van der Waals surface area contributed by atoms with Crippen LogP contribution in [0.15, 0.2) is 24.5 Å². The number of hydrogen-bond acceptors (Lipinski definition) is 4. The molecule has 54 valence electrons. The van der Waals surface area contributed by atoms with Crippen LogP contribution in [0.3, 0.4) is 0 Å². The molecule has 1 aromatic heterocycles. The Hall–Kier alpha value is -0.190. The molecule has 2 nitrogen and oxygen atoms in total. The average molecular weight is 172 g/mol. The van der Waals surface area contributed by atoms with Crippen LogP contribution in [-0.2, 0) is 5.75 Å². The molecule has 0 unspecified atom stereocenters. The Kier molecular flexibility index (Phi) is 3.64. The molecule has 0 aliphatic heterocycles. The zero-order valence-electron chi connectivity index (χ0n) is 5.36. The van der Waals surface area contributed by atoms with Crippen molar-refractivity contribution in [2.24, 2.45) is 5.14 Å². The van der Waals surface area contributed by atoms with Crippen LogP contribution in [-0.4, -0.2) is 4.98 Å². The van der Waals surface area contributed by atoms with Crippen molar-refractivity contribution in [3.8, 4) is 0 Å². The molecule has 1 rings (SSSR count). The van der Waals surface area contributed by atoms with Crippen molar-refractivity contribution in [3.63, 3.8) is 0 Å². The summed E-state index contributed by atoms with van der Waals surface area (Å²) in [6.45, 7) is 0. The van der Waals surface area contributed by atoms with Crippen molar-refractivity contribution < 1.29 is 0 Å². The van der Waals surface area contributed by atoms with Crippen LogP contribution < -0.4 is 5.14 Å². The van der Waals surface area contributed by atoms with Crippen LogP contribution in [0.1, 0.15) is 5.56 Å². The first-order valence-corrected chi connectivity index (χ1v) is 5.19. The zero-order valence-corrected chi connectivity index (χ0v) is 6.99. The van der Waals surface area contributed by atoms with Crippen molar-refractivity contribution >= 4 is 21.8 Å².